The number of carbonyl (C=O) groups is 2. The van der Waals surface area contributed by atoms with E-state index in [-0.39, 0.29) is 23.9 Å². The third-order valence-corrected chi connectivity index (χ3v) is 6.22. The van der Waals surface area contributed by atoms with Crippen LogP contribution in [0.5, 0.6) is 0 Å². The average molecular weight is 442 g/mol. The molecule has 4 rings (SSSR count). The Kier molecular flexibility index (Phi) is 7.40. The molecule has 3 amide bonds. The number of piperidine rings is 1. The monoisotopic (exact) mass is 441 g/mol. The summed E-state index contributed by atoms with van der Waals surface area (Å²) in [5.41, 5.74) is 4.19. The number of nitrogens with zero attached hydrogens (tertiary/aromatic N) is 1. The van der Waals surface area contributed by atoms with E-state index in [2.05, 4.69) is 34.9 Å². The van der Waals surface area contributed by atoms with Gasteiger partial charge >= 0.3 is 6.03 Å². The van der Waals surface area contributed by atoms with Gasteiger partial charge in [0, 0.05) is 24.7 Å². The van der Waals surface area contributed by atoms with Crippen LogP contribution in [0.15, 0.2) is 84.9 Å². The standard InChI is InChI=1S/C28H31N3O2/c1-21-9-8-14-25(19-21)29-28(33)31-17-15-24(16-18-31)27(32)30-26(23-12-6-3-7-13-23)20-22-10-4-2-5-11-22/h2-14,19,24,26H,15-18,20H2,1H3,(H,29,33)(H,30,32)/t26-/m0/s1. The molecule has 5 heteroatoms. The Labute approximate surface area is 195 Å². The molecule has 1 aliphatic rings. The van der Waals surface area contributed by atoms with Crippen molar-refractivity contribution in [3.63, 3.8) is 0 Å². The van der Waals surface area contributed by atoms with Crippen LogP contribution in [-0.4, -0.2) is 29.9 Å². The smallest absolute Gasteiger partial charge is 0.321 e. The van der Waals surface area contributed by atoms with Gasteiger partial charge in [-0.05, 0) is 55.0 Å². The quantitative estimate of drug-likeness (QED) is 0.542. The van der Waals surface area contributed by atoms with Crippen molar-refractivity contribution < 1.29 is 9.59 Å². The zero-order valence-corrected chi connectivity index (χ0v) is 19.0. The Balaban J connectivity index is 1.34. The summed E-state index contributed by atoms with van der Waals surface area (Å²) in [6.07, 6.45) is 2.08. The molecule has 3 aromatic rings. The van der Waals surface area contributed by atoms with Gasteiger partial charge in [0.15, 0.2) is 0 Å². The average Bonchev–Trinajstić information content (AvgIpc) is 2.85. The Bertz CT molecular complexity index is 1060. The molecular formula is C28H31N3O2. The lowest BCUT2D eigenvalue weighted by Gasteiger charge is -2.32. The van der Waals surface area contributed by atoms with Gasteiger partial charge < -0.3 is 15.5 Å². The van der Waals surface area contributed by atoms with Gasteiger partial charge in [-0.15, -0.1) is 0 Å². The van der Waals surface area contributed by atoms with Crippen molar-refractivity contribution >= 4 is 17.6 Å². The SMILES string of the molecule is Cc1cccc(NC(=O)N2CCC(C(=O)N[C@@H](Cc3ccccc3)c3ccccc3)CC2)c1. The van der Waals surface area contributed by atoms with Crippen molar-refractivity contribution in [2.24, 2.45) is 5.92 Å². The maximum atomic E-state index is 13.1. The minimum absolute atomic E-state index is 0.0681. The molecule has 33 heavy (non-hydrogen) atoms. The number of hydrogen-bond donors (Lipinski definition) is 2. The normalized spacial score (nSPS) is 15.0. The van der Waals surface area contributed by atoms with E-state index >= 15 is 0 Å². The van der Waals surface area contributed by atoms with Gasteiger partial charge in [-0.25, -0.2) is 4.79 Å². The zero-order chi connectivity index (χ0) is 23.0. The van der Waals surface area contributed by atoms with Crippen LogP contribution >= 0.6 is 0 Å². The minimum Gasteiger partial charge on any atom is -0.349 e. The second-order valence-electron chi connectivity index (χ2n) is 8.72. The van der Waals surface area contributed by atoms with Crippen LogP contribution in [0.2, 0.25) is 0 Å². The van der Waals surface area contributed by atoms with Gasteiger partial charge in [0.1, 0.15) is 0 Å². The van der Waals surface area contributed by atoms with E-state index in [1.807, 2.05) is 67.6 Å². The first-order valence-corrected chi connectivity index (χ1v) is 11.6. The maximum Gasteiger partial charge on any atom is 0.321 e. The van der Waals surface area contributed by atoms with Crippen LogP contribution in [0.4, 0.5) is 10.5 Å². The number of likely N-dealkylation sites (tertiary alicyclic amines) is 1. The number of rotatable bonds is 6. The molecule has 5 nitrogen and oxygen atoms in total. The van der Waals surface area contributed by atoms with Gasteiger partial charge in [-0.3, -0.25) is 4.79 Å². The molecule has 0 saturated carbocycles. The summed E-state index contributed by atoms with van der Waals surface area (Å²) >= 11 is 0. The number of nitrogens with one attached hydrogen (secondary N) is 2. The second kappa shape index (κ2) is 10.8. The largest absolute Gasteiger partial charge is 0.349 e. The van der Waals surface area contributed by atoms with E-state index in [9.17, 15) is 9.59 Å². The summed E-state index contributed by atoms with van der Waals surface area (Å²) in [5.74, 6) is -0.0199. The first kappa shape index (κ1) is 22.6. The Hall–Kier alpha value is -3.60. The van der Waals surface area contributed by atoms with Crippen LogP contribution in [0.3, 0.4) is 0 Å². The minimum atomic E-state index is -0.106. The number of hydrogen-bond acceptors (Lipinski definition) is 2. The highest BCUT2D eigenvalue weighted by Gasteiger charge is 2.29. The van der Waals surface area contributed by atoms with Gasteiger partial charge in [0.25, 0.3) is 0 Å². The van der Waals surface area contributed by atoms with Crippen LogP contribution in [0.25, 0.3) is 0 Å². The van der Waals surface area contributed by atoms with Gasteiger partial charge in [-0.2, -0.15) is 0 Å². The lowest BCUT2D eigenvalue weighted by Crippen LogP contribution is -2.45. The summed E-state index contributed by atoms with van der Waals surface area (Å²) in [5, 5.41) is 6.25. The van der Waals surface area contributed by atoms with E-state index in [4.69, 9.17) is 0 Å². The fraction of sp³-hybridized carbons (Fsp3) is 0.286. The van der Waals surface area contributed by atoms with Crippen molar-refractivity contribution in [1.82, 2.24) is 10.2 Å². The first-order chi connectivity index (χ1) is 16.1. The van der Waals surface area contributed by atoms with Gasteiger partial charge in [-0.1, -0.05) is 72.8 Å². The van der Waals surface area contributed by atoms with Crippen molar-refractivity contribution in [3.05, 3.63) is 102 Å². The number of benzene rings is 3. The van der Waals surface area contributed by atoms with Crippen LogP contribution in [-0.2, 0) is 11.2 Å². The van der Waals surface area contributed by atoms with Crippen molar-refractivity contribution in [1.29, 1.82) is 0 Å². The van der Waals surface area contributed by atoms with Crippen molar-refractivity contribution in [3.8, 4) is 0 Å². The van der Waals surface area contributed by atoms with E-state index < -0.39 is 0 Å². The topological polar surface area (TPSA) is 61.4 Å². The number of aryl methyl sites for hydroxylation is 1. The molecule has 0 aromatic heterocycles. The number of urea groups is 1. The van der Waals surface area contributed by atoms with Crippen LogP contribution < -0.4 is 10.6 Å². The molecule has 0 bridgehead atoms. The van der Waals surface area contributed by atoms with Crippen molar-refractivity contribution in [2.75, 3.05) is 18.4 Å². The summed E-state index contributed by atoms with van der Waals surface area (Å²) in [6, 6.07) is 27.9. The molecule has 1 atom stereocenters. The summed E-state index contributed by atoms with van der Waals surface area (Å²) in [4.78, 5) is 27.6. The molecule has 0 radical (unpaired) electrons. The highest BCUT2D eigenvalue weighted by Crippen LogP contribution is 2.23. The predicted molar refractivity (Wildman–Crippen MR) is 132 cm³/mol. The Morgan fingerprint density at radius 3 is 2.24 bits per heavy atom. The number of carbonyl (C=O) groups excluding carboxylic acids is 2. The van der Waals surface area contributed by atoms with Crippen molar-refractivity contribution in [2.45, 2.75) is 32.2 Å². The Morgan fingerprint density at radius 2 is 1.58 bits per heavy atom. The molecule has 0 unspecified atom stereocenters. The predicted octanol–water partition coefficient (Wildman–Crippen LogP) is 5.34. The fourth-order valence-corrected chi connectivity index (χ4v) is 4.35. The highest BCUT2D eigenvalue weighted by molar-refractivity contribution is 5.89. The van der Waals surface area contributed by atoms with Crippen LogP contribution in [0, 0.1) is 12.8 Å². The fourth-order valence-electron chi connectivity index (χ4n) is 4.35. The van der Waals surface area contributed by atoms with E-state index in [1.165, 1.54) is 5.56 Å². The van der Waals surface area contributed by atoms with E-state index in [0.717, 1.165) is 23.2 Å². The van der Waals surface area contributed by atoms with Gasteiger partial charge in [0.05, 0.1) is 6.04 Å². The summed E-state index contributed by atoms with van der Waals surface area (Å²) in [6.45, 7) is 3.15. The highest BCUT2D eigenvalue weighted by atomic mass is 16.2. The lowest BCUT2D eigenvalue weighted by molar-refractivity contribution is -0.127. The third-order valence-electron chi connectivity index (χ3n) is 6.22. The molecule has 0 spiro atoms. The molecular weight excluding hydrogens is 410 g/mol. The molecule has 1 heterocycles. The van der Waals surface area contributed by atoms with E-state index in [0.29, 0.717) is 25.9 Å². The van der Waals surface area contributed by atoms with Gasteiger partial charge in [0.2, 0.25) is 5.91 Å². The third kappa shape index (κ3) is 6.22. The number of anilines is 1. The molecule has 1 saturated heterocycles. The van der Waals surface area contributed by atoms with E-state index in [1.54, 1.807) is 4.90 Å². The maximum absolute atomic E-state index is 13.1. The molecule has 0 aliphatic carbocycles. The lowest BCUT2D eigenvalue weighted by atomic mass is 9.93. The summed E-state index contributed by atoms with van der Waals surface area (Å²) < 4.78 is 0. The first-order valence-electron chi connectivity index (χ1n) is 11.6. The Morgan fingerprint density at radius 1 is 0.909 bits per heavy atom. The zero-order valence-electron chi connectivity index (χ0n) is 19.0. The molecule has 1 aliphatic heterocycles. The summed E-state index contributed by atoms with van der Waals surface area (Å²) in [7, 11) is 0. The molecule has 3 aromatic carbocycles. The molecule has 1 fully saturated rings. The number of amides is 3. The molecule has 2 N–H and O–H groups in total. The van der Waals surface area contributed by atoms with Crippen LogP contribution in [0.1, 0.15) is 35.6 Å². The molecule has 170 valence electrons. The second-order valence-corrected chi connectivity index (χ2v) is 8.72.